The molecule has 7 nitrogen and oxygen atoms in total. The van der Waals surface area contributed by atoms with Crippen LogP contribution < -0.4 is 10.6 Å². The topological polar surface area (TPSA) is 83.6 Å². The Labute approximate surface area is 154 Å². The van der Waals surface area contributed by atoms with E-state index in [1.54, 1.807) is 12.4 Å². The Balaban J connectivity index is 1.29. The second kappa shape index (κ2) is 7.51. The lowest BCUT2D eigenvalue weighted by atomic mass is 10.2. The van der Waals surface area contributed by atoms with Crippen molar-refractivity contribution >= 4 is 12.1 Å². The zero-order valence-electron chi connectivity index (χ0n) is 15.7. The number of ether oxygens (including phenoxy) is 1. The highest BCUT2D eigenvalue weighted by Crippen LogP contribution is 2.53. The van der Waals surface area contributed by atoms with Crippen molar-refractivity contribution in [2.75, 3.05) is 19.6 Å². The number of urea groups is 1. The van der Waals surface area contributed by atoms with Crippen molar-refractivity contribution in [3.8, 4) is 0 Å². The number of nitrogens with one attached hydrogen (secondary N) is 2. The number of aromatic nitrogens is 1. The van der Waals surface area contributed by atoms with E-state index in [2.05, 4.69) is 15.6 Å². The number of hydrogen-bond acceptors (Lipinski definition) is 4. The van der Waals surface area contributed by atoms with Crippen molar-refractivity contribution in [1.82, 2.24) is 20.5 Å². The van der Waals surface area contributed by atoms with Gasteiger partial charge in [-0.1, -0.05) is 6.07 Å². The number of amides is 3. The second-order valence-electron chi connectivity index (χ2n) is 8.14. The molecule has 0 radical (unpaired) electrons. The summed E-state index contributed by atoms with van der Waals surface area (Å²) in [5.74, 6) is 1.72. The predicted molar refractivity (Wildman–Crippen MR) is 97.4 cm³/mol. The summed E-state index contributed by atoms with van der Waals surface area (Å²) in [7, 11) is 0. The molecule has 142 valence electrons. The summed E-state index contributed by atoms with van der Waals surface area (Å²) in [5, 5.41) is 5.73. The molecule has 1 aliphatic carbocycles. The number of hydrogen-bond donors (Lipinski definition) is 2. The summed E-state index contributed by atoms with van der Waals surface area (Å²) in [4.78, 5) is 29.7. The molecule has 3 rings (SSSR count). The van der Waals surface area contributed by atoms with Crippen LogP contribution in [0, 0.1) is 17.8 Å². The standard InChI is InChI=1S/C19H28N4O3/c1-19(2,3)26-18(25)23-11-15-14(16(15)12-23)6-8-21-17(24)22-10-13-5-4-7-20-9-13/h4-5,7,9,14-16H,6,8,10-12H2,1-3H3,(H2,21,22,24)/t14-,15-,16+. The summed E-state index contributed by atoms with van der Waals surface area (Å²) in [6.45, 7) is 8.33. The molecule has 7 heteroatoms. The van der Waals surface area contributed by atoms with Crippen molar-refractivity contribution in [2.45, 2.75) is 39.3 Å². The monoisotopic (exact) mass is 360 g/mol. The number of carbonyl (C=O) groups is 2. The molecule has 2 heterocycles. The van der Waals surface area contributed by atoms with E-state index in [9.17, 15) is 9.59 Å². The van der Waals surface area contributed by atoms with E-state index in [4.69, 9.17) is 4.74 Å². The SMILES string of the molecule is CC(C)(C)OC(=O)N1C[C@@H]2[C@@H](CCNC(=O)NCc3cccnc3)[C@@H]2C1. The smallest absolute Gasteiger partial charge is 0.410 e. The molecule has 1 aromatic rings. The van der Waals surface area contributed by atoms with Gasteiger partial charge >= 0.3 is 12.1 Å². The third-order valence-electron chi connectivity index (χ3n) is 4.96. The van der Waals surface area contributed by atoms with E-state index >= 15 is 0 Å². The van der Waals surface area contributed by atoms with Gasteiger partial charge in [0, 0.05) is 38.6 Å². The van der Waals surface area contributed by atoms with Crippen molar-refractivity contribution in [2.24, 2.45) is 17.8 Å². The largest absolute Gasteiger partial charge is 0.444 e. The van der Waals surface area contributed by atoms with Gasteiger partial charge in [0.15, 0.2) is 0 Å². The summed E-state index contributed by atoms with van der Waals surface area (Å²) >= 11 is 0. The van der Waals surface area contributed by atoms with Gasteiger partial charge in [-0.25, -0.2) is 9.59 Å². The molecule has 0 bridgehead atoms. The zero-order chi connectivity index (χ0) is 18.7. The van der Waals surface area contributed by atoms with Gasteiger partial charge in [-0.15, -0.1) is 0 Å². The lowest BCUT2D eigenvalue weighted by Gasteiger charge is -2.25. The zero-order valence-corrected chi connectivity index (χ0v) is 15.7. The highest BCUT2D eigenvalue weighted by molar-refractivity contribution is 5.73. The number of carbonyl (C=O) groups excluding carboxylic acids is 2. The second-order valence-corrected chi connectivity index (χ2v) is 8.14. The van der Waals surface area contributed by atoms with Gasteiger partial charge in [0.05, 0.1) is 0 Å². The van der Waals surface area contributed by atoms with Crippen LogP contribution >= 0.6 is 0 Å². The van der Waals surface area contributed by atoms with Crippen LogP contribution in [-0.4, -0.2) is 47.2 Å². The van der Waals surface area contributed by atoms with Gasteiger partial charge in [-0.05, 0) is 56.6 Å². The molecule has 0 spiro atoms. The van der Waals surface area contributed by atoms with Crippen molar-refractivity contribution < 1.29 is 14.3 Å². The number of pyridine rings is 1. The molecule has 1 aliphatic heterocycles. The molecule has 2 fully saturated rings. The Hall–Kier alpha value is -2.31. The molecule has 2 aliphatic rings. The maximum absolute atomic E-state index is 12.1. The Morgan fingerprint density at radius 3 is 2.62 bits per heavy atom. The van der Waals surface area contributed by atoms with E-state index in [0.717, 1.165) is 25.1 Å². The molecular formula is C19H28N4O3. The van der Waals surface area contributed by atoms with Gasteiger partial charge in [0.2, 0.25) is 0 Å². The first-order valence-electron chi connectivity index (χ1n) is 9.22. The Morgan fingerprint density at radius 2 is 2.00 bits per heavy atom. The van der Waals surface area contributed by atoms with Crippen LogP contribution in [0.1, 0.15) is 32.8 Å². The summed E-state index contributed by atoms with van der Waals surface area (Å²) in [6.07, 6.45) is 4.19. The molecule has 0 unspecified atom stereocenters. The molecule has 2 N–H and O–H groups in total. The van der Waals surface area contributed by atoms with Crippen molar-refractivity contribution in [1.29, 1.82) is 0 Å². The fraction of sp³-hybridized carbons (Fsp3) is 0.632. The molecule has 3 atom stereocenters. The van der Waals surface area contributed by atoms with E-state index in [1.165, 1.54) is 0 Å². The van der Waals surface area contributed by atoms with Crippen LogP contribution in [-0.2, 0) is 11.3 Å². The van der Waals surface area contributed by atoms with E-state index in [-0.39, 0.29) is 12.1 Å². The normalized spacial score (nSPS) is 24.0. The quantitative estimate of drug-likeness (QED) is 0.844. The van der Waals surface area contributed by atoms with Gasteiger partial charge in [0.1, 0.15) is 5.60 Å². The highest BCUT2D eigenvalue weighted by Gasteiger charge is 2.56. The summed E-state index contributed by atoms with van der Waals surface area (Å²) in [5.41, 5.74) is 0.526. The molecular weight excluding hydrogens is 332 g/mol. The molecule has 1 saturated heterocycles. The Kier molecular flexibility index (Phi) is 5.34. The first-order chi connectivity index (χ1) is 12.3. The first kappa shape index (κ1) is 18.5. The van der Waals surface area contributed by atoms with Gasteiger partial charge in [-0.3, -0.25) is 4.98 Å². The minimum absolute atomic E-state index is 0.157. The van der Waals surface area contributed by atoms with Crippen LogP contribution in [0.3, 0.4) is 0 Å². The Morgan fingerprint density at radius 1 is 1.27 bits per heavy atom. The number of likely N-dealkylation sites (tertiary alicyclic amines) is 1. The molecule has 0 aromatic carbocycles. The minimum Gasteiger partial charge on any atom is -0.444 e. The van der Waals surface area contributed by atoms with Crippen molar-refractivity contribution in [3.63, 3.8) is 0 Å². The molecule has 1 saturated carbocycles. The van der Waals surface area contributed by atoms with Crippen LogP contribution in [0.25, 0.3) is 0 Å². The fourth-order valence-corrected chi connectivity index (χ4v) is 3.65. The highest BCUT2D eigenvalue weighted by atomic mass is 16.6. The van der Waals surface area contributed by atoms with Crippen LogP contribution in [0.5, 0.6) is 0 Å². The van der Waals surface area contributed by atoms with Crippen LogP contribution in [0.4, 0.5) is 9.59 Å². The van der Waals surface area contributed by atoms with Gasteiger partial charge in [0.25, 0.3) is 0 Å². The number of nitrogens with zero attached hydrogens (tertiary/aromatic N) is 2. The van der Waals surface area contributed by atoms with Crippen LogP contribution in [0.2, 0.25) is 0 Å². The predicted octanol–water partition coefficient (Wildman–Crippen LogP) is 2.38. The number of fused-ring (bicyclic) bond motifs is 1. The molecule has 26 heavy (non-hydrogen) atoms. The number of rotatable bonds is 5. The number of piperidine rings is 1. The lowest BCUT2D eigenvalue weighted by Crippen LogP contribution is -2.38. The van der Waals surface area contributed by atoms with E-state index in [0.29, 0.717) is 30.8 Å². The van der Waals surface area contributed by atoms with Crippen molar-refractivity contribution in [3.05, 3.63) is 30.1 Å². The summed E-state index contributed by atoms with van der Waals surface area (Å²) < 4.78 is 5.42. The minimum atomic E-state index is -0.448. The lowest BCUT2D eigenvalue weighted by molar-refractivity contribution is 0.0265. The van der Waals surface area contributed by atoms with E-state index in [1.807, 2.05) is 37.8 Å². The third-order valence-corrected chi connectivity index (χ3v) is 4.96. The average molecular weight is 360 g/mol. The maximum atomic E-state index is 12.1. The first-order valence-corrected chi connectivity index (χ1v) is 9.22. The maximum Gasteiger partial charge on any atom is 0.410 e. The molecule has 3 amide bonds. The third kappa shape index (κ3) is 4.86. The summed E-state index contributed by atoms with van der Waals surface area (Å²) in [6, 6.07) is 3.62. The Bertz CT molecular complexity index is 632. The molecule has 1 aromatic heterocycles. The van der Waals surface area contributed by atoms with Crippen LogP contribution in [0.15, 0.2) is 24.5 Å². The van der Waals surface area contributed by atoms with Gasteiger partial charge < -0.3 is 20.3 Å². The fourth-order valence-electron chi connectivity index (χ4n) is 3.65. The van der Waals surface area contributed by atoms with Gasteiger partial charge in [-0.2, -0.15) is 0 Å². The van der Waals surface area contributed by atoms with E-state index < -0.39 is 5.60 Å². The average Bonchev–Trinajstić information content (AvgIpc) is 3.02.